The van der Waals surface area contributed by atoms with Crippen LogP contribution in [-0.4, -0.2) is 15.9 Å². The van der Waals surface area contributed by atoms with Gasteiger partial charge in [-0.2, -0.15) is 0 Å². The summed E-state index contributed by atoms with van der Waals surface area (Å²) in [4.78, 5) is 22.6. The van der Waals surface area contributed by atoms with E-state index < -0.39 is 4.32 Å². The molecule has 0 spiro atoms. The van der Waals surface area contributed by atoms with Crippen molar-refractivity contribution in [2.45, 2.75) is 24.6 Å². The van der Waals surface area contributed by atoms with E-state index in [1.54, 1.807) is 13.0 Å². The van der Waals surface area contributed by atoms with Crippen LogP contribution in [0.5, 0.6) is 0 Å². The van der Waals surface area contributed by atoms with Gasteiger partial charge in [0.1, 0.15) is 5.78 Å². The number of hydrogen-bond acceptors (Lipinski definition) is 2. The predicted octanol–water partition coefficient (Wildman–Crippen LogP) is 2.18. The fraction of sp³-hybridized carbons (Fsp3) is 0.455. The summed E-state index contributed by atoms with van der Waals surface area (Å²) in [5.41, 5.74) is 1.82. The molecular weight excluding hydrogens is 244 g/mol. The molecule has 1 fully saturated rings. The fourth-order valence-corrected chi connectivity index (χ4v) is 2.49. The first kappa shape index (κ1) is 9.84. The maximum Gasteiger partial charge on any atom is 0.181 e. The van der Waals surface area contributed by atoms with Gasteiger partial charge < -0.3 is 0 Å². The summed E-state index contributed by atoms with van der Waals surface area (Å²) < 4.78 is -0.390. The van der Waals surface area contributed by atoms with Crippen LogP contribution in [-0.2, 0) is 9.59 Å². The van der Waals surface area contributed by atoms with E-state index in [-0.39, 0.29) is 17.5 Å². The number of carbonyl (C=O) groups is 2. The lowest BCUT2D eigenvalue weighted by Crippen LogP contribution is -2.14. The van der Waals surface area contributed by atoms with Crippen LogP contribution in [0, 0.1) is 5.92 Å². The zero-order valence-corrected chi connectivity index (χ0v) is 9.72. The molecule has 2 aliphatic rings. The fourth-order valence-electron chi connectivity index (χ4n) is 1.92. The van der Waals surface area contributed by atoms with Gasteiger partial charge in [0.25, 0.3) is 0 Å². The van der Waals surface area contributed by atoms with Gasteiger partial charge in [0.15, 0.2) is 5.78 Å². The van der Waals surface area contributed by atoms with E-state index in [4.69, 9.17) is 0 Å². The molecule has 2 rings (SSSR count). The monoisotopic (exact) mass is 254 g/mol. The van der Waals surface area contributed by atoms with Gasteiger partial charge >= 0.3 is 0 Å². The van der Waals surface area contributed by atoms with Crippen LogP contribution in [0.15, 0.2) is 23.3 Å². The maximum absolute atomic E-state index is 11.3. The molecule has 2 nitrogen and oxygen atoms in total. The van der Waals surface area contributed by atoms with Crippen molar-refractivity contribution in [1.29, 1.82) is 0 Å². The standard InChI is InChI=1S/C11H11BrO2/c1-6-8(3-4-10(6)14)9-5-11(9,12)7(2)13/h3-4,9H,5H2,1-2H3/t9-,11-/m0/s1. The molecule has 0 amide bonds. The maximum atomic E-state index is 11.3. The van der Waals surface area contributed by atoms with Crippen LogP contribution in [0.25, 0.3) is 0 Å². The molecule has 0 N–H and O–H groups in total. The van der Waals surface area contributed by atoms with Gasteiger partial charge in [0.05, 0.1) is 4.32 Å². The second-order valence-corrected chi connectivity index (χ2v) is 5.37. The first-order valence-electron chi connectivity index (χ1n) is 4.60. The van der Waals surface area contributed by atoms with Gasteiger partial charge in [-0.1, -0.05) is 22.0 Å². The minimum Gasteiger partial charge on any atom is -0.298 e. The molecule has 1 saturated carbocycles. The summed E-state index contributed by atoms with van der Waals surface area (Å²) >= 11 is 3.45. The molecule has 2 aliphatic carbocycles. The minimum absolute atomic E-state index is 0.0744. The van der Waals surface area contributed by atoms with E-state index in [1.165, 1.54) is 0 Å². The highest BCUT2D eigenvalue weighted by atomic mass is 79.9. The van der Waals surface area contributed by atoms with Gasteiger partial charge in [-0.15, -0.1) is 0 Å². The molecule has 3 heteroatoms. The molecule has 0 aromatic heterocycles. The van der Waals surface area contributed by atoms with Gasteiger partial charge in [0, 0.05) is 5.92 Å². The van der Waals surface area contributed by atoms with Crippen molar-refractivity contribution in [3.63, 3.8) is 0 Å². The van der Waals surface area contributed by atoms with E-state index in [2.05, 4.69) is 15.9 Å². The average Bonchev–Trinajstić information content (AvgIpc) is 2.69. The van der Waals surface area contributed by atoms with Crippen molar-refractivity contribution in [2.24, 2.45) is 5.92 Å². The lowest BCUT2D eigenvalue weighted by Gasteiger charge is -2.05. The molecule has 0 heterocycles. The molecule has 14 heavy (non-hydrogen) atoms. The summed E-state index contributed by atoms with van der Waals surface area (Å²) in [6, 6.07) is 0. The second kappa shape index (κ2) is 2.89. The van der Waals surface area contributed by atoms with E-state index in [1.807, 2.05) is 13.0 Å². The first-order valence-corrected chi connectivity index (χ1v) is 5.39. The topological polar surface area (TPSA) is 34.1 Å². The third-order valence-corrected chi connectivity index (χ3v) is 4.51. The Kier molecular flexibility index (Phi) is 2.03. The highest BCUT2D eigenvalue weighted by Gasteiger charge is 2.58. The van der Waals surface area contributed by atoms with Crippen LogP contribution < -0.4 is 0 Å². The van der Waals surface area contributed by atoms with Gasteiger partial charge in [-0.3, -0.25) is 9.59 Å². The lowest BCUT2D eigenvalue weighted by molar-refractivity contribution is -0.117. The quantitative estimate of drug-likeness (QED) is 0.709. The number of allylic oxidation sites excluding steroid dienone is 4. The molecule has 0 unspecified atom stereocenters. The van der Waals surface area contributed by atoms with Crippen molar-refractivity contribution < 1.29 is 9.59 Å². The van der Waals surface area contributed by atoms with Gasteiger partial charge in [-0.25, -0.2) is 0 Å². The Hall–Kier alpha value is -0.700. The van der Waals surface area contributed by atoms with Crippen molar-refractivity contribution >= 4 is 27.5 Å². The number of carbonyl (C=O) groups excluding carboxylic acids is 2. The molecule has 0 bridgehead atoms. The largest absolute Gasteiger partial charge is 0.298 e. The molecular formula is C11H11BrO2. The Morgan fingerprint density at radius 1 is 1.57 bits per heavy atom. The van der Waals surface area contributed by atoms with Crippen molar-refractivity contribution in [3.8, 4) is 0 Å². The van der Waals surface area contributed by atoms with Crippen molar-refractivity contribution in [3.05, 3.63) is 23.3 Å². The highest BCUT2D eigenvalue weighted by Crippen LogP contribution is 2.57. The zero-order valence-electron chi connectivity index (χ0n) is 8.13. The van der Waals surface area contributed by atoms with E-state index >= 15 is 0 Å². The van der Waals surface area contributed by atoms with Gasteiger partial charge in [-0.05, 0) is 37.5 Å². The first-order chi connectivity index (χ1) is 6.47. The van der Waals surface area contributed by atoms with Crippen LogP contribution >= 0.6 is 15.9 Å². The second-order valence-electron chi connectivity index (χ2n) is 3.95. The summed E-state index contributed by atoms with van der Waals surface area (Å²) in [6.07, 6.45) is 4.23. The number of ketones is 2. The third kappa shape index (κ3) is 1.22. The lowest BCUT2D eigenvalue weighted by atomic mass is 10.1. The average molecular weight is 255 g/mol. The zero-order chi connectivity index (χ0) is 10.5. The molecule has 2 atom stereocenters. The number of Topliss-reactive ketones (excluding diaryl/α,β-unsaturated/α-hetero) is 1. The number of halogens is 1. The van der Waals surface area contributed by atoms with Crippen LogP contribution in [0.3, 0.4) is 0 Å². The smallest absolute Gasteiger partial charge is 0.181 e. The summed E-state index contributed by atoms with van der Waals surface area (Å²) in [7, 11) is 0. The van der Waals surface area contributed by atoms with Crippen LogP contribution in [0.2, 0.25) is 0 Å². The molecule has 0 aromatic rings. The Labute approximate surface area is 91.2 Å². The van der Waals surface area contributed by atoms with Crippen LogP contribution in [0.4, 0.5) is 0 Å². The normalized spacial score (nSPS) is 35.4. The number of alkyl halides is 1. The number of hydrogen-bond donors (Lipinski definition) is 0. The van der Waals surface area contributed by atoms with E-state index in [0.717, 1.165) is 17.6 Å². The van der Waals surface area contributed by atoms with Crippen molar-refractivity contribution in [2.75, 3.05) is 0 Å². The van der Waals surface area contributed by atoms with Crippen LogP contribution in [0.1, 0.15) is 20.3 Å². The Morgan fingerprint density at radius 3 is 2.57 bits per heavy atom. The van der Waals surface area contributed by atoms with E-state index in [0.29, 0.717) is 0 Å². The Morgan fingerprint density at radius 2 is 2.21 bits per heavy atom. The number of rotatable bonds is 2. The third-order valence-electron chi connectivity index (χ3n) is 3.07. The Balaban J connectivity index is 2.26. The summed E-state index contributed by atoms with van der Waals surface area (Å²) in [5.74, 6) is 0.420. The van der Waals surface area contributed by atoms with Gasteiger partial charge in [0.2, 0.25) is 0 Å². The molecule has 0 saturated heterocycles. The molecule has 0 aromatic carbocycles. The summed E-state index contributed by atoms with van der Waals surface area (Å²) in [6.45, 7) is 3.41. The highest BCUT2D eigenvalue weighted by molar-refractivity contribution is 9.10. The minimum atomic E-state index is -0.390. The summed E-state index contributed by atoms with van der Waals surface area (Å²) in [5, 5.41) is 0. The molecule has 0 aliphatic heterocycles. The SMILES string of the molecule is CC(=O)[C@@]1(Br)C[C@H]1C1=C(C)C(=O)C=C1. The predicted molar refractivity (Wildman–Crippen MR) is 57.3 cm³/mol. The van der Waals surface area contributed by atoms with E-state index in [9.17, 15) is 9.59 Å². The Bertz CT molecular complexity index is 392. The molecule has 0 radical (unpaired) electrons. The molecule has 74 valence electrons. The van der Waals surface area contributed by atoms with Crippen molar-refractivity contribution in [1.82, 2.24) is 0 Å².